The smallest absolute Gasteiger partial charge is 0.124 e. The van der Waals surface area contributed by atoms with Crippen LogP contribution in [0.3, 0.4) is 0 Å². The minimum atomic E-state index is -0.0569. The monoisotopic (exact) mass is 243 g/mol. The number of methoxy groups -OCH3 is 1. The third kappa shape index (κ3) is 2.21. The first kappa shape index (κ1) is 12.9. The van der Waals surface area contributed by atoms with E-state index < -0.39 is 0 Å². The zero-order valence-corrected chi connectivity index (χ0v) is 11.5. The molecular formula is C16H21NO. The fourth-order valence-electron chi connectivity index (χ4n) is 2.21. The molecule has 2 N–H and O–H groups in total. The Hall–Kier alpha value is -1.54. The maximum absolute atomic E-state index is 6.43. The van der Waals surface area contributed by atoms with E-state index in [0.717, 1.165) is 11.3 Å². The molecule has 0 heterocycles. The molecule has 0 saturated carbocycles. The van der Waals surface area contributed by atoms with E-state index in [1.165, 1.54) is 10.8 Å². The molecule has 1 atom stereocenters. The van der Waals surface area contributed by atoms with Crippen LogP contribution in [0.15, 0.2) is 36.4 Å². The molecule has 2 aromatic carbocycles. The fraction of sp³-hybridized carbons (Fsp3) is 0.375. The lowest BCUT2D eigenvalue weighted by Gasteiger charge is -2.29. The third-order valence-corrected chi connectivity index (χ3v) is 3.39. The average Bonchev–Trinajstić information content (AvgIpc) is 2.35. The van der Waals surface area contributed by atoms with Gasteiger partial charge in [-0.1, -0.05) is 51.1 Å². The summed E-state index contributed by atoms with van der Waals surface area (Å²) in [4.78, 5) is 0. The van der Waals surface area contributed by atoms with Crippen LogP contribution in [0, 0.1) is 5.41 Å². The van der Waals surface area contributed by atoms with Crippen molar-refractivity contribution < 1.29 is 4.74 Å². The molecule has 0 unspecified atom stereocenters. The maximum Gasteiger partial charge on any atom is 0.124 e. The molecule has 2 aromatic rings. The number of fused-ring (bicyclic) bond motifs is 1. The highest BCUT2D eigenvalue weighted by Crippen LogP contribution is 2.39. The van der Waals surface area contributed by atoms with Gasteiger partial charge in [0.2, 0.25) is 0 Å². The first-order valence-electron chi connectivity index (χ1n) is 6.26. The summed E-state index contributed by atoms with van der Waals surface area (Å²) in [5, 5.41) is 2.38. The van der Waals surface area contributed by atoms with Gasteiger partial charge in [0.25, 0.3) is 0 Å². The molecule has 18 heavy (non-hydrogen) atoms. The Morgan fingerprint density at radius 2 is 1.72 bits per heavy atom. The van der Waals surface area contributed by atoms with Crippen LogP contribution in [0.2, 0.25) is 0 Å². The van der Waals surface area contributed by atoms with E-state index in [0.29, 0.717) is 0 Å². The van der Waals surface area contributed by atoms with Gasteiger partial charge in [0.05, 0.1) is 7.11 Å². The number of benzene rings is 2. The third-order valence-electron chi connectivity index (χ3n) is 3.39. The summed E-state index contributed by atoms with van der Waals surface area (Å²) in [5.74, 6) is 0.871. The van der Waals surface area contributed by atoms with E-state index in [9.17, 15) is 0 Å². The highest BCUT2D eigenvalue weighted by Gasteiger charge is 2.26. The van der Waals surface area contributed by atoms with Gasteiger partial charge >= 0.3 is 0 Å². The standard InChI is InChI=1S/C16H21NO/c1-16(2,3)15(17)14-12-8-6-5-7-11(12)9-10-13(14)18-4/h5-10,15H,17H2,1-4H3/t15-/m1/s1. The predicted octanol–water partition coefficient (Wildman–Crippen LogP) is 3.89. The molecule has 2 rings (SSSR count). The van der Waals surface area contributed by atoms with Gasteiger partial charge in [-0.15, -0.1) is 0 Å². The van der Waals surface area contributed by atoms with E-state index in [1.54, 1.807) is 7.11 Å². The summed E-state index contributed by atoms with van der Waals surface area (Å²) in [6, 6.07) is 12.3. The molecule has 2 nitrogen and oxygen atoms in total. The minimum Gasteiger partial charge on any atom is -0.496 e. The minimum absolute atomic E-state index is 0.00257. The van der Waals surface area contributed by atoms with Gasteiger partial charge in [0.15, 0.2) is 0 Å². The number of nitrogens with two attached hydrogens (primary N) is 1. The van der Waals surface area contributed by atoms with Gasteiger partial charge in [-0.05, 0) is 22.3 Å². The molecule has 0 aliphatic heterocycles. The highest BCUT2D eigenvalue weighted by molar-refractivity contribution is 5.88. The van der Waals surface area contributed by atoms with Gasteiger partial charge in [-0.3, -0.25) is 0 Å². The van der Waals surface area contributed by atoms with Crippen molar-refractivity contribution in [2.75, 3.05) is 7.11 Å². The quantitative estimate of drug-likeness (QED) is 0.868. The molecule has 0 amide bonds. The van der Waals surface area contributed by atoms with Gasteiger partial charge in [0.1, 0.15) is 5.75 Å². The number of hydrogen-bond acceptors (Lipinski definition) is 2. The van der Waals surface area contributed by atoms with Gasteiger partial charge in [-0.25, -0.2) is 0 Å². The summed E-state index contributed by atoms with van der Waals surface area (Å²) in [6.07, 6.45) is 0. The van der Waals surface area contributed by atoms with Crippen molar-refractivity contribution in [2.45, 2.75) is 26.8 Å². The molecule has 96 valence electrons. The van der Waals surface area contributed by atoms with Crippen LogP contribution >= 0.6 is 0 Å². The Labute approximate surface area is 109 Å². The Morgan fingerprint density at radius 1 is 1.06 bits per heavy atom. The molecule has 2 heteroatoms. The Morgan fingerprint density at radius 3 is 2.33 bits per heavy atom. The van der Waals surface area contributed by atoms with Crippen molar-refractivity contribution in [3.63, 3.8) is 0 Å². The van der Waals surface area contributed by atoms with Crippen molar-refractivity contribution in [3.8, 4) is 5.75 Å². The normalized spacial score (nSPS) is 13.6. The van der Waals surface area contributed by atoms with Crippen molar-refractivity contribution >= 4 is 10.8 Å². The van der Waals surface area contributed by atoms with Crippen LogP contribution in [-0.2, 0) is 0 Å². The number of rotatable bonds is 2. The zero-order valence-electron chi connectivity index (χ0n) is 11.5. The van der Waals surface area contributed by atoms with E-state index >= 15 is 0 Å². The summed E-state index contributed by atoms with van der Waals surface area (Å²) >= 11 is 0. The van der Waals surface area contributed by atoms with E-state index in [1.807, 2.05) is 18.2 Å². The summed E-state index contributed by atoms with van der Waals surface area (Å²) in [7, 11) is 1.70. The molecule has 0 radical (unpaired) electrons. The molecule has 0 bridgehead atoms. The lowest BCUT2D eigenvalue weighted by molar-refractivity contribution is 0.316. The van der Waals surface area contributed by atoms with Crippen molar-refractivity contribution in [1.29, 1.82) is 0 Å². The van der Waals surface area contributed by atoms with Crippen LogP contribution in [0.25, 0.3) is 10.8 Å². The van der Waals surface area contributed by atoms with Gasteiger partial charge in [-0.2, -0.15) is 0 Å². The van der Waals surface area contributed by atoms with Crippen LogP contribution < -0.4 is 10.5 Å². The summed E-state index contributed by atoms with van der Waals surface area (Å²) in [5.41, 5.74) is 7.53. The fourth-order valence-corrected chi connectivity index (χ4v) is 2.21. The summed E-state index contributed by atoms with van der Waals surface area (Å²) < 4.78 is 5.49. The highest BCUT2D eigenvalue weighted by atomic mass is 16.5. The Kier molecular flexibility index (Phi) is 3.31. The van der Waals surface area contributed by atoms with Crippen LogP contribution in [-0.4, -0.2) is 7.11 Å². The second-order valence-electron chi connectivity index (χ2n) is 5.75. The van der Waals surface area contributed by atoms with Crippen molar-refractivity contribution in [1.82, 2.24) is 0 Å². The van der Waals surface area contributed by atoms with Gasteiger partial charge < -0.3 is 10.5 Å². The molecule has 0 aliphatic carbocycles. The molecular weight excluding hydrogens is 222 g/mol. The summed E-state index contributed by atoms with van der Waals surface area (Å²) in [6.45, 7) is 6.46. The first-order chi connectivity index (χ1) is 8.45. The molecule has 0 fully saturated rings. The Bertz CT molecular complexity index is 555. The average molecular weight is 243 g/mol. The van der Waals surface area contributed by atoms with Crippen molar-refractivity contribution in [2.24, 2.45) is 11.1 Å². The second-order valence-corrected chi connectivity index (χ2v) is 5.75. The van der Waals surface area contributed by atoms with E-state index in [4.69, 9.17) is 10.5 Å². The van der Waals surface area contributed by atoms with Gasteiger partial charge in [0, 0.05) is 11.6 Å². The van der Waals surface area contributed by atoms with Crippen LogP contribution in [0.4, 0.5) is 0 Å². The SMILES string of the molecule is COc1ccc2ccccc2c1[C@@H](N)C(C)(C)C. The van der Waals surface area contributed by atoms with E-state index in [2.05, 4.69) is 39.0 Å². The number of hydrogen-bond donors (Lipinski definition) is 1. The molecule has 0 aromatic heterocycles. The zero-order chi connectivity index (χ0) is 13.3. The largest absolute Gasteiger partial charge is 0.496 e. The van der Waals surface area contributed by atoms with Crippen molar-refractivity contribution in [3.05, 3.63) is 42.0 Å². The second kappa shape index (κ2) is 4.62. The molecule has 0 saturated heterocycles. The predicted molar refractivity (Wildman–Crippen MR) is 76.9 cm³/mol. The lowest BCUT2D eigenvalue weighted by Crippen LogP contribution is -2.27. The molecule has 0 aliphatic rings. The lowest BCUT2D eigenvalue weighted by atomic mass is 9.81. The topological polar surface area (TPSA) is 35.2 Å². The maximum atomic E-state index is 6.43. The van der Waals surface area contributed by atoms with Crippen LogP contribution in [0.1, 0.15) is 32.4 Å². The van der Waals surface area contributed by atoms with E-state index in [-0.39, 0.29) is 11.5 Å². The number of ether oxygens (including phenoxy) is 1. The molecule has 0 spiro atoms. The Balaban J connectivity index is 2.72. The first-order valence-corrected chi connectivity index (χ1v) is 6.26. The van der Waals surface area contributed by atoms with Crippen LogP contribution in [0.5, 0.6) is 5.75 Å².